The van der Waals surface area contributed by atoms with E-state index in [9.17, 15) is 0 Å². The van der Waals surface area contributed by atoms with Crippen LogP contribution < -0.4 is 0 Å². The van der Waals surface area contributed by atoms with E-state index in [1.807, 2.05) is 17.5 Å². The third-order valence-electron chi connectivity index (χ3n) is 3.84. The van der Waals surface area contributed by atoms with Crippen LogP contribution in [0.25, 0.3) is 10.7 Å². The number of aromatic nitrogens is 2. The highest BCUT2D eigenvalue weighted by molar-refractivity contribution is 7.13. The molecule has 1 saturated heterocycles. The second kappa shape index (κ2) is 5.71. The number of hydrogen-bond donors (Lipinski definition) is 0. The van der Waals surface area contributed by atoms with E-state index >= 15 is 0 Å². The topological polar surface area (TPSA) is 42.2 Å². The molecule has 1 aliphatic heterocycles. The van der Waals surface area contributed by atoms with Crippen molar-refractivity contribution in [2.24, 2.45) is 0 Å². The molecule has 108 valence electrons. The van der Waals surface area contributed by atoms with Crippen LogP contribution in [0, 0.1) is 0 Å². The molecule has 0 spiro atoms. The van der Waals surface area contributed by atoms with Crippen molar-refractivity contribution in [1.29, 1.82) is 0 Å². The van der Waals surface area contributed by atoms with E-state index in [-0.39, 0.29) is 0 Å². The number of thiophene rings is 2. The normalized spacial score (nSPS) is 19.3. The third kappa shape index (κ3) is 2.66. The standard InChI is InChI=1S/C15H15N3OS2/c1-3-12(11-5-8-20-10-11)18(6-1)9-14-16-15(17-19-14)13-4-2-7-21-13/h2,4-5,7-8,10,12H,1,3,6,9H2. The van der Waals surface area contributed by atoms with Gasteiger partial charge >= 0.3 is 0 Å². The number of rotatable bonds is 4. The Morgan fingerprint density at radius 2 is 2.33 bits per heavy atom. The van der Waals surface area contributed by atoms with Crippen LogP contribution in [0.15, 0.2) is 38.9 Å². The molecular formula is C15H15N3OS2. The van der Waals surface area contributed by atoms with Crippen LogP contribution in [0.3, 0.4) is 0 Å². The van der Waals surface area contributed by atoms with E-state index in [0.29, 0.717) is 17.8 Å². The van der Waals surface area contributed by atoms with Gasteiger partial charge in [-0.15, -0.1) is 11.3 Å². The molecule has 0 amide bonds. The number of hydrogen-bond acceptors (Lipinski definition) is 6. The van der Waals surface area contributed by atoms with Crippen LogP contribution in [0.5, 0.6) is 0 Å². The molecule has 3 aromatic rings. The fourth-order valence-electron chi connectivity index (χ4n) is 2.86. The van der Waals surface area contributed by atoms with Gasteiger partial charge in [-0.25, -0.2) is 0 Å². The maximum Gasteiger partial charge on any atom is 0.241 e. The SMILES string of the molecule is c1csc(-c2noc(CN3CCCC3c3ccsc3)n2)c1. The Hall–Kier alpha value is -1.50. The van der Waals surface area contributed by atoms with Gasteiger partial charge in [0.1, 0.15) is 0 Å². The number of likely N-dealkylation sites (tertiary alicyclic amines) is 1. The van der Waals surface area contributed by atoms with Crippen molar-refractivity contribution < 1.29 is 4.52 Å². The zero-order valence-electron chi connectivity index (χ0n) is 11.4. The Balaban J connectivity index is 1.51. The molecule has 1 fully saturated rings. The summed E-state index contributed by atoms with van der Waals surface area (Å²) < 4.78 is 5.42. The van der Waals surface area contributed by atoms with Gasteiger partial charge in [0.15, 0.2) is 0 Å². The summed E-state index contributed by atoms with van der Waals surface area (Å²) in [5, 5.41) is 10.5. The van der Waals surface area contributed by atoms with E-state index in [2.05, 4.69) is 31.9 Å². The maximum atomic E-state index is 5.42. The van der Waals surface area contributed by atoms with Gasteiger partial charge in [-0.2, -0.15) is 16.3 Å². The highest BCUT2D eigenvalue weighted by Crippen LogP contribution is 2.34. The minimum Gasteiger partial charge on any atom is -0.338 e. The summed E-state index contributed by atoms with van der Waals surface area (Å²) in [6.45, 7) is 1.83. The molecule has 4 rings (SSSR count). The van der Waals surface area contributed by atoms with E-state index in [1.54, 1.807) is 22.7 Å². The molecule has 0 bridgehead atoms. The molecule has 0 radical (unpaired) electrons. The Morgan fingerprint density at radius 1 is 1.33 bits per heavy atom. The zero-order chi connectivity index (χ0) is 14.1. The lowest BCUT2D eigenvalue weighted by molar-refractivity contribution is 0.213. The van der Waals surface area contributed by atoms with E-state index in [1.165, 1.54) is 18.4 Å². The smallest absolute Gasteiger partial charge is 0.241 e. The first-order valence-corrected chi connectivity index (χ1v) is 8.85. The van der Waals surface area contributed by atoms with Gasteiger partial charge in [0, 0.05) is 6.04 Å². The predicted molar refractivity (Wildman–Crippen MR) is 84.3 cm³/mol. The van der Waals surface area contributed by atoms with Crippen LogP contribution in [-0.4, -0.2) is 21.6 Å². The summed E-state index contributed by atoms with van der Waals surface area (Å²) >= 11 is 3.39. The summed E-state index contributed by atoms with van der Waals surface area (Å²) in [4.78, 5) is 8.02. The van der Waals surface area contributed by atoms with Crippen molar-refractivity contribution in [3.05, 3.63) is 45.8 Å². The maximum absolute atomic E-state index is 5.42. The zero-order valence-corrected chi connectivity index (χ0v) is 13.1. The van der Waals surface area contributed by atoms with Crippen molar-refractivity contribution >= 4 is 22.7 Å². The molecular weight excluding hydrogens is 302 g/mol. The molecule has 1 unspecified atom stereocenters. The highest BCUT2D eigenvalue weighted by Gasteiger charge is 2.27. The molecule has 0 N–H and O–H groups in total. The van der Waals surface area contributed by atoms with Crippen LogP contribution >= 0.6 is 22.7 Å². The molecule has 21 heavy (non-hydrogen) atoms. The lowest BCUT2D eigenvalue weighted by Gasteiger charge is -2.21. The summed E-state index contributed by atoms with van der Waals surface area (Å²) in [5.41, 5.74) is 1.41. The summed E-state index contributed by atoms with van der Waals surface area (Å²) in [6.07, 6.45) is 2.44. The predicted octanol–water partition coefficient (Wildman–Crippen LogP) is 4.20. The van der Waals surface area contributed by atoms with Gasteiger partial charge in [-0.05, 0) is 53.2 Å². The summed E-state index contributed by atoms with van der Waals surface area (Å²) in [7, 11) is 0. The second-order valence-electron chi connectivity index (χ2n) is 5.17. The minimum atomic E-state index is 0.494. The second-order valence-corrected chi connectivity index (χ2v) is 6.90. The van der Waals surface area contributed by atoms with Crippen molar-refractivity contribution in [3.63, 3.8) is 0 Å². The molecule has 6 heteroatoms. The van der Waals surface area contributed by atoms with Gasteiger partial charge in [-0.1, -0.05) is 11.2 Å². The highest BCUT2D eigenvalue weighted by atomic mass is 32.1. The third-order valence-corrected chi connectivity index (χ3v) is 5.41. The first-order valence-electron chi connectivity index (χ1n) is 7.03. The first kappa shape index (κ1) is 13.2. The Bertz CT molecular complexity index is 690. The van der Waals surface area contributed by atoms with Gasteiger partial charge in [0.05, 0.1) is 11.4 Å². The summed E-state index contributed by atoms with van der Waals surface area (Å²) in [6, 6.07) is 6.73. The Kier molecular flexibility index (Phi) is 3.58. The van der Waals surface area contributed by atoms with Crippen LogP contribution in [0.4, 0.5) is 0 Å². The van der Waals surface area contributed by atoms with Gasteiger partial charge in [-0.3, -0.25) is 4.90 Å². The molecule has 0 aromatic carbocycles. The van der Waals surface area contributed by atoms with Crippen LogP contribution in [0.2, 0.25) is 0 Å². The molecule has 0 saturated carbocycles. The fraction of sp³-hybridized carbons (Fsp3) is 0.333. The van der Waals surface area contributed by atoms with Gasteiger partial charge in [0.2, 0.25) is 11.7 Å². The van der Waals surface area contributed by atoms with Crippen LogP contribution in [-0.2, 0) is 6.54 Å². The average Bonchev–Trinajstić information content (AvgIpc) is 3.28. The molecule has 1 aliphatic rings. The van der Waals surface area contributed by atoms with Crippen molar-refractivity contribution in [2.75, 3.05) is 6.54 Å². The van der Waals surface area contributed by atoms with Crippen molar-refractivity contribution in [3.8, 4) is 10.7 Å². The Labute approximate surface area is 131 Å². The molecule has 0 aliphatic carbocycles. The summed E-state index contributed by atoms with van der Waals surface area (Å²) in [5.74, 6) is 1.41. The van der Waals surface area contributed by atoms with E-state index < -0.39 is 0 Å². The monoisotopic (exact) mass is 317 g/mol. The quantitative estimate of drug-likeness (QED) is 0.723. The van der Waals surface area contributed by atoms with Gasteiger partial charge < -0.3 is 4.52 Å². The van der Waals surface area contributed by atoms with Crippen molar-refractivity contribution in [1.82, 2.24) is 15.0 Å². The molecule has 4 heterocycles. The lowest BCUT2D eigenvalue weighted by Crippen LogP contribution is -2.22. The molecule has 3 aromatic heterocycles. The van der Waals surface area contributed by atoms with Crippen molar-refractivity contribution in [2.45, 2.75) is 25.4 Å². The van der Waals surface area contributed by atoms with E-state index in [0.717, 1.165) is 18.0 Å². The van der Waals surface area contributed by atoms with Crippen LogP contribution in [0.1, 0.15) is 30.3 Å². The first-order chi connectivity index (χ1) is 10.4. The number of nitrogens with zero attached hydrogens (tertiary/aromatic N) is 3. The Morgan fingerprint density at radius 3 is 3.14 bits per heavy atom. The average molecular weight is 317 g/mol. The largest absolute Gasteiger partial charge is 0.338 e. The fourth-order valence-corrected chi connectivity index (χ4v) is 4.21. The van der Waals surface area contributed by atoms with Gasteiger partial charge in [0.25, 0.3) is 0 Å². The molecule has 1 atom stereocenters. The molecule has 4 nitrogen and oxygen atoms in total. The minimum absolute atomic E-state index is 0.494. The van der Waals surface area contributed by atoms with E-state index in [4.69, 9.17) is 4.52 Å². The lowest BCUT2D eigenvalue weighted by atomic mass is 10.1.